The molecule has 1 aliphatic rings. The van der Waals surface area contributed by atoms with Gasteiger partial charge in [-0.2, -0.15) is 0 Å². The third-order valence-corrected chi connectivity index (χ3v) is 5.31. The summed E-state index contributed by atoms with van der Waals surface area (Å²) in [6, 6.07) is 15.4. The van der Waals surface area contributed by atoms with Gasteiger partial charge in [-0.1, -0.05) is 62.2 Å². The van der Waals surface area contributed by atoms with E-state index >= 15 is 0 Å². The van der Waals surface area contributed by atoms with E-state index in [0.29, 0.717) is 23.5 Å². The topological polar surface area (TPSA) is 76.1 Å². The molecule has 31 heavy (non-hydrogen) atoms. The molecular weight excluding hydrogens is 394 g/mol. The van der Waals surface area contributed by atoms with E-state index in [-0.39, 0.29) is 24.5 Å². The Balaban J connectivity index is 2.01. The second kappa shape index (κ2) is 10.8. The monoisotopic (exact) mass is 423 g/mol. The zero-order chi connectivity index (χ0) is 22.2. The summed E-state index contributed by atoms with van der Waals surface area (Å²) in [7, 11) is 1.54. The zero-order valence-electron chi connectivity index (χ0n) is 18.0. The number of ether oxygens (including phenoxy) is 2. The molecule has 1 unspecified atom stereocenters. The first-order valence-corrected chi connectivity index (χ1v) is 10.6. The molecule has 0 radical (unpaired) electrons. The Bertz CT molecular complexity index is 938. The van der Waals surface area contributed by atoms with E-state index in [9.17, 15) is 14.7 Å². The van der Waals surface area contributed by atoms with Gasteiger partial charge >= 0.3 is 0 Å². The number of aliphatic hydroxyl groups is 1. The number of nitrogens with zero attached hydrogens (tertiary/aromatic N) is 1. The first-order valence-electron chi connectivity index (χ1n) is 10.6. The maximum atomic E-state index is 12.9. The van der Waals surface area contributed by atoms with Gasteiger partial charge in [0.15, 0.2) is 0 Å². The zero-order valence-corrected chi connectivity index (χ0v) is 18.0. The number of hydrogen-bond acceptors (Lipinski definition) is 5. The van der Waals surface area contributed by atoms with Crippen molar-refractivity contribution in [3.63, 3.8) is 0 Å². The van der Waals surface area contributed by atoms with E-state index in [4.69, 9.17) is 9.47 Å². The molecule has 3 rings (SSSR count). The summed E-state index contributed by atoms with van der Waals surface area (Å²) in [5, 5.41) is 11.0. The Morgan fingerprint density at radius 3 is 2.52 bits per heavy atom. The highest BCUT2D eigenvalue weighted by molar-refractivity contribution is 6.46. The molecule has 2 aromatic carbocycles. The number of methoxy groups -OCH3 is 1. The highest BCUT2D eigenvalue weighted by atomic mass is 16.5. The number of rotatable bonds is 10. The predicted molar refractivity (Wildman–Crippen MR) is 119 cm³/mol. The first kappa shape index (κ1) is 22.6. The smallest absolute Gasteiger partial charge is 0.295 e. The van der Waals surface area contributed by atoms with Crippen molar-refractivity contribution in [2.45, 2.75) is 32.2 Å². The highest BCUT2D eigenvalue weighted by Gasteiger charge is 2.45. The molecule has 0 aliphatic carbocycles. The number of ketones is 1. The molecule has 1 saturated heterocycles. The van der Waals surface area contributed by atoms with Crippen molar-refractivity contribution >= 4 is 17.4 Å². The van der Waals surface area contributed by atoms with Crippen molar-refractivity contribution in [1.29, 1.82) is 0 Å². The van der Waals surface area contributed by atoms with Crippen molar-refractivity contribution in [2.75, 3.05) is 26.9 Å². The van der Waals surface area contributed by atoms with Gasteiger partial charge in [0.2, 0.25) is 0 Å². The second-order valence-corrected chi connectivity index (χ2v) is 7.48. The fourth-order valence-electron chi connectivity index (χ4n) is 3.71. The lowest BCUT2D eigenvalue weighted by molar-refractivity contribution is -0.140. The molecule has 1 heterocycles. The summed E-state index contributed by atoms with van der Waals surface area (Å²) >= 11 is 0. The van der Waals surface area contributed by atoms with Crippen molar-refractivity contribution in [2.24, 2.45) is 0 Å². The summed E-state index contributed by atoms with van der Waals surface area (Å²) in [6.07, 6.45) is 3.16. The minimum Gasteiger partial charge on any atom is -0.507 e. The van der Waals surface area contributed by atoms with Crippen LogP contribution in [0.25, 0.3) is 5.76 Å². The molecule has 0 spiro atoms. The Hall–Kier alpha value is -3.12. The molecule has 164 valence electrons. The van der Waals surface area contributed by atoms with Gasteiger partial charge in [-0.05, 0) is 24.1 Å². The van der Waals surface area contributed by atoms with Crippen LogP contribution in [-0.2, 0) is 14.3 Å². The number of amides is 1. The number of carbonyl (C=O) groups excluding carboxylic acids is 2. The van der Waals surface area contributed by atoms with Crippen molar-refractivity contribution in [3.05, 3.63) is 71.3 Å². The Labute approximate surface area is 183 Å². The number of unbranched alkanes of at least 4 members (excludes halogenated alkanes) is 2. The largest absolute Gasteiger partial charge is 0.507 e. The van der Waals surface area contributed by atoms with Crippen LogP contribution in [0, 0.1) is 0 Å². The Kier molecular flexibility index (Phi) is 7.84. The fourth-order valence-corrected chi connectivity index (χ4v) is 3.71. The van der Waals surface area contributed by atoms with Gasteiger partial charge in [-0.15, -0.1) is 0 Å². The molecule has 1 aliphatic heterocycles. The number of likely N-dealkylation sites (tertiary alicyclic amines) is 1. The van der Waals surface area contributed by atoms with Crippen LogP contribution < -0.4 is 4.74 Å². The van der Waals surface area contributed by atoms with Gasteiger partial charge in [-0.3, -0.25) is 9.59 Å². The van der Waals surface area contributed by atoms with E-state index < -0.39 is 17.7 Å². The third kappa shape index (κ3) is 5.14. The number of hydrogen-bond donors (Lipinski definition) is 1. The van der Waals surface area contributed by atoms with Crippen LogP contribution in [0.1, 0.15) is 43.4 Å². The van der Waals surface area contributed by atoms with Crippen LogP contribution in [0.4, 0.5) is 0 Å². The van der Waals surface area contributed by atoms with Crippen LogP contribution in [0.3, 0.4) is 0 Å². The molecule has 0 saturated carbocycles. The maximum absolute atomic E-state index is 12.9. The summed E-state index contributed by atoms with van der Waals surface area (Å²) in [6.45, 7) is 3.25. The summed E-state index contributed by atoms with van der Waals surface area (Å²) in [5.41, 5.74) is 1.28. The highest BCUT2D eigenvalue weighted by Crippen LogP contribution is 2.40. The summed E-state index contributed by atoms with van der Waals surface area (Å²) in [4.78, 5) is 27.2. The lowest BCUT2D eigenvalue weighted by atomic mass is 9.95. The number of carbonyl (C=O) groups is 2. The van der Waals surface area contributed by atoms with Crippen LogP contribution >= 0.6 is 0 Å². The van der Waals surface area contributed by atoms with Crippen molar-refractivity contribution in [3.8, 4) is 5.75 Å². The maximum Gasteiger partial charge on any atom is 0.295 e. The van der Waals surface area contributed by atoms with E-state index in [1.807, 2.05) is 30.3 Å². The van der Waals surface area contributed by atoms with Gasteiger partial charge in [0.25, 0.3) is 11.7 Å². The molecule has 1 fully saturated rings. The van der Waals surface area contributed by atoms with Crippen LogP contribution in [0.2, 0.25) is 0 Å². The normalized spacial score (nSPS) is 17.9. The predicted octanol–water partition coefficient (Wildman–Crippen LogP) is 4.32. The van der Waals surface area contributed by atoms with E-state index in [2.05, 4.69) is 6.92 Å². The lowest BCUT2D eigenvalue weighted by Gasteiger charge is -2.25. The molecule has 0 bridgehead atoms. The molecule has 6 heteroatoms. The molecule has 1 amide bonds. The van der Waals surface area contributed by atoms with Crippen LogP contribution in [0.5, 0.6) is 5.75 Å². The molecule has 0 aromatic heterocycles. The quantitative estimate of drug-likeness (QED) is 0.267. The molecular formula is C25H29NO5. The fraction of sp³-hybridized carbons (Fsp3) is 0.360. The van der Waals surface area contributed by atoms with E-state index in [1.165, 1.54) is 4.90 Å². The van der Waals surface area contributed by atoms with Crippen molar-refractivity contribution in [1.82, 2.24) is 4.90 Å². The number of benzene rings is 2. The standard InChI is InChI=1S/C25H29NO5/c1-3-4-8-15-31-20-13-9-12-19(17-20)22-21(23(27)18-10-6-5-7-11-18)24(28)25(29)26(22)14-16-30-2/h5-7,9-13,17,22,27H,3-4,8,14-16H2,1-2H3/b23-21+. The third-order valence-electron chi connectivity index (χ3n) is 5.31. The molecule has 2 aromatic rings. The Morgan fingerprint density at radius 1 is 1.03 bits per heavy atom. The van der Waals surface area contributed by atoms with Gasteiger partial charge in [-0.25, -0.2) is 0 Å². The van der Waals surface area contributed by atoms with Gasteiger partial charge in [0.1, 0.15) is 11.5 Å². The average molecular weight is 424 g/mol. The van der Waals surface area contributed by atoms with Crippen LogP contribution in [-0.4, -0.2) is 48.6 Å². The molecule has 1 atom stereocenters. The van der Waals surface area contributed by atoms with Gasteiger partial charge < -0.3 is 19.5 Å². The summed E-state index contributed by atoms with van der Waals surface area (Å²) < 4.78 is 11.0. The van der Waals surface area contributed by atoms with Gasteiger partial charge in [0, 0.05) is 19.2 Å². The second-order valence-electron chi connectivity index (χ2n) is 7.48. The Morgan fingerprint density at radius 2 is 1.81 bits per heavy atom. The van der Waals surface area contributed by atoms with Gasteiger partial charge in [0.05, 0.1) is 24.8 Å². The van der Waals surface area contributed by atoms with E-state index in [1.54, 1.807) is 31.4 Å². The molecule has 1 N–H and O–H groups in total. The van der Waals surface area contributed by atoms with Crippen molar-refractivity contribution < 1.29 is 24.2 Å². The minimum atomic E-state index is -0.713. The number of Topliss-reactive ketones (excluding diaryl/α,β-unsaturated/α-hetero) is 1. The molecule has 6 nitrogen and oxygen atoms in total. The van der Waals surface area contributed by atoms with E-state index in [0.717, 1.165) is 19.3 Å². The number of aliphatic hydroxyl groups excluding tert-OH is 1. The lowest BCUT2D eigenvalue weighted by Crippen LogP contribution is -2.32. The SMILES string of the molecule is CCCCCOc1cccc(C2/C(=C(\O)c3ccccc3)C(=O)C(=O)N2CCOC)c1. The minimum absolute atomic E-state index is 0.0791. The first-order chi connectivity index (χ1) is 15.1. The van der Waals surface area contributed by atoms with Crippen LogP contribution in [0.15, 0.2) is 60.2 Å². The summed E-state index contributed by atoms with van der Waals surface area (Å²) in [5.74, 6) is -0.853. The average Bonchev–Trinajstić information content (AvgIpc) is 3.05.